The average Bonchev–Trinajstić information content (AvgIpc) is 2.56. The van der Waals surface area contributed by atoms with Gasteiger partial charge in [0, 0.05) is 0 Å². The van der Waals surface area contributed by atoms with E-state index in [2.05, 4.69) is 16.0 Å². The van der Waals surface area contributed by atoms with Crippen LogP contribution in [0.3, 0.4) is 0 Å². The Hall–Kier alpha value is -2.16. The molecule has 0 radical (unpaired) electrons. The summed E-state index contributed by atoms with van der Waals surface area (Å²) < 4.78 is 0. The van der Waals surface area contributed by atoms with Crippen molar-refractivity contribution >= 4 is 23.7 Å². The lowest BCUT2D eigenvalue weighted by atomic mass is 9.99. The minimum absolute atomic E-state index is 0.125. The summed E-state index contributed by atoms with van der Waals surface area (Å²) in [6.07, 6.45) is 0.959. The third-order valence-corrected chi connectivity index (χ3v) is 4.28. The van der Waals surface area contributed by atoms with E-state index >= 15 is 0 Å². The fraction of sp³-hybridized carbons (Fsp3) is 0.778. The zero-order valence-corrected chi connectivity index (χ0v) is 17.0. The van der Waals surface area contributed by atoms with Gasteiger partial charge in [-0.3, -0.25) is 14.4 Å². The SMILES string of the molecule is CCC(C)C(NC(=O)C(C)NC(=O)C(CC(C)C)NC(=O)C(C)N)C(=O)O. The lowest BCUT2D eigenvalue weighted by Crippen LogP contribution is -2.56. The quantitative estimate of drug-likeness (QED) is 0.337. The van der Waals surface area contributed by atoms with Crippen molar-refractivity contribution in [2.75, 3.05) is 0 Å². The standard InChI is InChI=1S/C18H34N4O5/c1-7-10(4)14(18(26)27)22-16(24)12(6)20-17(25)13(8-9(2)3)21-15(23)11(5)19/h9-14H,7-8,19H2,1-6H3,(H,20,25)(H,21,23)(H,22,24)(H,26,27). The Morgan fingerprint density at radius 1 is 0.889 bits per heavy atom. The van der Waals surface area contributed by atoms with Gasteiger partial charge in [0.05, 0.1) is 6.04 Å². The van der Waals surface area contributed by atoms with E-state index in [-0.39, 0.29) is 11.8 Å². The molecule has 0 saturated heterocycles. The maximum Gasteiger partial charge on any atom is 0.326 e. The Balaban J connectivity index is 5.01. The number of carboxylic acid groups (broad SMARTS) is 1. The smallest absolute Gasteiger partial charge is 0.326 e. The van der Waals surface area contributed by atoms with Crippen molar-refractivity contribution in [1.82, 2.24) is 16.0 Å². The number of nitrogens with two attached hydrogens (primary N) is 1. The van der Waals surface area contributed by atoms with E-state index in [0.29, 0.717) is 12.8 Å². The van der Waals surface area contributed by atoms with Crippen molar-refractivity contribution in [2.24, 2.45) is 17.6 Å². The zero-order valence-electron chi connectivity index (χ0n) is 17.0. The summed E-state index contributed by atoms with van der Waals surface area (Å²) in [6.45, 7) is 10.3. The van der Waals surface area contributed by atoms with Crippen molar-refractivity contribution in [3.05, 3.63) is 0 Å². The van der Waals surface area contributed by atoms with E-state index in [9.17, 15) is 24.3 Å². The Morgan fingerprint density at radius 3 is 1.85 bits per heavy atom. The molecule has 0 aromatic rings. The predicted octanol–water partition coefficient (Wildman–Crippen LogP) is -0.0153. The molecule has 27 heavy (non-hydrogen) atoms. The van der Waals surface area contributed by atoms with Gasteiger partial charge in [0.25, 0.3) is 0 Å². The van der Waals surface area contributed by atoms with Crippen molar-refractivity contribution in [2.45, 2.75) is 78.6 Å². The molecule has 0 heterocycles. The highest BCUT2D eigenvalue weighted by Gasteiger charge is 2.29. The molecule has 3 amide bonds. The first-order valence-electron chi connectivity index (χ1n) is 9.30. The number of carboxylic acids is 1. The summed E-state index contributed by atoms with van der Waals surface area (Å²) in [5.74, 6) is -2.84. The normalized spacial score (nSPS) is 16.6. The monoisotopic (exact) mass is 386 g/mol. The third kappa shape index (κ3) is 8.85. The molecule has 0 fully saturated rings. The van der Waals surface area contributed by atoms with Gasteiger partial charge in [0.2, 0.25) is 17.7 Å². The number of carbonyl (C=O) groups is 4. The summed E-state index contributed by atoms with van der Waals surface area (Å²) >= 11 is 0. The van der Waals surface area contributed by atoms with Gasteiger partial charge in [0.1, 0.15) is 18.1 Å². The van der Waals surface area contributed by atoms with Gasteiger partial charge in [-0.15, -0.1) is 0 Å². The van der Waals surface area contributed by atoms with Crippen LogP contribution in [0.5, 0.6) is 0 Å². The summed E-state index contributed by atoms with van der Waals surface area (Å²) in [4.78, 5) is 48.0. The lowest BCUT2D eigenvalue weighted by Gasteiger charge is -2.25. The van der Waals surface area contributed by atoms with E-state index in [4.69, 9.17) is 5.73 Å². The molecular weight excluding hydrogens is 352 g/mol. The van der Waals surface area contributed by atoms with Crippen LogP contribution in [0.2, 0.25) is 0 Å². The molecule has 0 saturated carbocycles. The van der Waals surface area contributed by atoms with E-state index in [1.54, 1.807) is 6.92 Å². The summed E-state index contributed by atoms with van der Waals surface area (Å²) in [5, 5.41) is 16.8. The first-order chi connectivity index (χ1) is 12.4. The van der Waals surface area contributed by atoms with Crippen LogP contribution in [0.4, 0.5) is 0 Å². The van der Waals surface area contributed by atoms with E-state index < -0.39 is 47.9 Å². The minimum atomic E-state index is -1.13. The zero-order chi connectivity index (χ0) is 21.3. The molecule has 5 atom stereocenters. The molecule has 9 nitrogen and oxygen atoms in total. The number of hydrogen-bond acceptors (Lipinski definition) is 5. The van der Waals surface area contributed by atoms with Crippen LogP contribution < -0.4 is 21.7 Å². The van der Waals surface area contributed by atoms with Crippen LogP contribution in [-0.4, -0.2) is 53.0 Å². The molecule has 156 valence electrons. The number of carbonyl (C=O) groups excluding carboxylic acids is 3. The Bertz CT molecular complexity index is 536. The van der Waals surface area contributed by atoms with E-state index in [1.807, 2.05) is 20.8 Å². The van der Waals surface area contributed by atoms with Gasteiger partial charge >= 0.3 is 5.97 Å². The number of amides is 3. The Labute approximate surface area is 160 Å². The van der Waals surface area contributed by atoms with Gasteiger partial charge in [0.15, 0.2) is 0 Å². The van der Waals surface area contributed by atoms with Crippen LogP contribution in [-0.2, 0) is 19.2 Å². The summed E-state index contributed by atoms with van der Waals surface area (Å²) in [5.41, 5.74) is 5.53. The highest BCUT2D eigenvalue weighted by atomic mass is 16.4. The topological polar surface area (TPSA) is 151 Å². The van der Waals surface area contributed by atoms with Gasteiger partial charge in [-0.25, -0.2) is 4.79 Å². The van der Waals surface area contributed by atoms with Crippen LogP contribution in [0, 0.1) is 11.8 Å². The highest BCUT2D eigenvalue weighted by molar-refractivity contribution is 5.93. The van der Waals surface area contributed by atoms with Gasteiger partial charge in [-0.1, -0.05) is 34.1 Å². The van der Waals surface area contributed by atoms with Gasteiger partial charge in [-0.05, 0) is 32.1 Å². The number of nitrogens with one attached hydrogen (secondary N) is 3. The fourth-order valence-electron chi connectivity index (χ4n) is 2.35. The van der Waals surface area contributed by atoms with E-state index in [0.717, 1.165) is 0 Å². The van der Waals surface area contributed by atoms with E-state index in [1.165, 1.54) is 13.8 Å². The van der Waals surface area contributed by atoms with Crippen molar-refractivity contribution in [3.63, 3.8) is 0 Å². The van der Waals surface area contributed by atoms with Gasteiger partial charge < -0.3 is 26.8 Å². The molecule has 9 heteroatoms. The molecular formula is C18H34N4O5. The average molecular weight is 386 g/mol. The third-order valence-electron chi connectivity index (χ3n) is 4.28. The molecule has 0 aliphatic rings. The second-order valence-electron chi connectivity index (χ2n) is 7.42. The first-order valence-corrected chi connectivity index (χ1v) is 9.30. The van der Waals surface area contributed by atoms with Crippen molar-refractivity contribution in [1.29, 1.82) is 0 Å². The largest absolute Gasteiger partial charge is 0.480 e. The van der Waals surface area contributed by atoms with Crippen molar-refractivity contribution < 1.29 is 24.3 Å². The summed E-state index contributed by atoms with van der Waals surface area (Å²) in [6, 6.07) is -3.58. The maximum atomic E-state index is 12.5. The Kier molecular flexibility index (Phi) is 10.6. The Morgan fingerprint density at radius 2 is 1.44 bits per heavy atom. The van der Waals surface area contributed by atoms with Crippen LogP contribution in [0.25, 0.3) is 0 Å². The molecule has 0 aromatic heterocycles. The fourth-order valence-corrected chi connectivity index (χ4v) is 2.35. The molecule has 0 aliphatic carbocycles. The lowest BCUT2D eigenvalue weighted by molar-refractivity contribution is -0.143. The van der Waals surface area contributed by atoms with Crippen molar-refractivity contribution in [3.8, 4) is 0 Å². The molecule has 0 rings (SSSR count). The molecule has 0 aliphatic heterocycles. The second kappa shape index (κ2) is 11.5. The van der Waals surface area contributed by atoms with Crippen LogP contribution >= 0.6 is 0 Å². The molecule has 0 spiro atoms. The molecule has 0 aromatic carbocycles. The highest BCUT2D eigenvalue weighted by Crippen LogP contribution is 2.09. The minimum Gasteiger partial charge on any atom is -0.480 e. The number of rotatable bonds is 11. The predicted molar refractivity (Wildman–Crippen MR) is 102 cm³/mol. The molecule has 5 unspecified atom stereocenters. The summed E-state index contributed by atoms with van der Waals surface area (Å²) in [7, 11) is 0. The van der Waals surface area contributed by atoms with Gasteiger partial charge in [-0.2, -0.15) is 0 Å². The number of aliphatic carboxylic acids is 1. The molecule has 0 bridgehead atoms. The molecule has 6 N–H and O–H groups in total. The second-order valence-corrected chi connectivity index (χ2v) is 7.42. The first kappa shape index (κ1) is 24.8. The number of hydrogen-bond donors (Lipinski definition) is 5. The van der Waals surface area contributed by atoms with Crippen LogP contribution in [0.1, 0.15) is 54.4 Å². The van der Waals surface area contributed by atoms with Crippen LogP contribution in [0.15, 0.2) is 0 Å². The maximum absolute atomic E-state index is 12.5.